The predicted molar refractivity (Wildman–Crippen MR) is 66.0 cm³/mol. The van der Waals surface area contributed by atoms with E-state index in [0.717, 1.165) is 10.8 Å². The largest absolute Gasteiger partial charge is 0.481 e. The molecule has 0 aliphatic heterocycles. The molecule has 0 aliphatic rings. The van der Waals surface area contributed by atoms with Crippen LogP contribution in [-0.2, 0) is 10.2 Å². The van der Waals surface area contributed by atoms with E-state index >= 15 is 0 Å². The van der Waals surface area contributed by atoms with Crippen LogP contribution in [0, 0.1) is 0 Å². The molecule has 0 aliphatic carbocycles. The zero-order chi connectivity index (χ0) is 12.5. The highest BCUT2D eigenvalue weighted by atomic mass is 16.4. The van der Waals surface area contributed by atoms with Gasteiger partial charge in [0.05, 0.1) is 6.61 Å². The number of rotatable bonds is 3. The molecule has 2 N–H and O–H groups in total. The maximum atomic E-state index is 11.2. The molecule has 1 atom stereocenters. The number of carboxylic acid groups (broad SMARTS) is 1. The number of benzene rings is 2. The van der Waals surface area contributed by atoms with Crippen LogP contribution < -0.4 is 0 Å². The Morgan fingerprint density at radius 1 is 1.18 bits per heavy atom. The van der Waals surface area contributed by atoms with Crippen LogP contribution in [0.2, 0.25) is 0 Å². The van der Waals surface area contributed by atoms with Crippen molar-refractivity contribution in [3.8, 4) is 0 Å². The Morgan fingerprint density at radius 3 is 2.41 bits per heavy atom. The Balaban J connectivity index is 2.59. The SMILES string of the molecule is C[C@](CO)(C(=O)O)c1ccc2ccccc2c1. The van der Waals surface area contributed by atoms with Gasteiger partial charge in [0.1, 0.15) is 5.41 Å². The molecule has 0 spiro atoms. The topological polar surface area (TPSA) is 57.5 Å². The van der Waals surface area contributed by atoms with Gasteiger partial charge in [-0.3, -0.25) is 4.79 Å². The molecule has 3 nitrogen and oxygen atoms in total. The van der Waals surface area contributed by atoms with Gasteiger partial charge in [-0.2, -0.15) is 0 Å². The molecular formula is C14H14O3. The van der Waals surface area contributed by atoms with E-state index in [4.69, 9.17) is 0 Å². The Labute approximate surface area is 99.3 Å². The van der Waals surface area contributed by atoms with Crippen LogP contribution in [0.5, 0.6) is 0 Å². The average Bonchev–Trinajstić information content (AvgIpc) is 2.37. The van der Waals surface area contributed by atoms with Gasteiger partial charge in [-0.25, -0.2) is 0 Å². The van der Waals surface area contributed by atoms with E-state index in [2.05, 4.69) is 0 Å². The van der Waals surface area contributed by atoms with Gasteiger partial charge in [0.2, 0.25) is 0 Å². The second kappa shape index (κ2) is 4.18. The van der Waals surface area contributed by atoms with Gasteiger partial charge >= 0.3 is 5.97 Å². The van der Waals surface area contributed by atoms with Gasteiger partial charge in [-0.15, -0.1) is 0 Å². The summed E-state index contributed by atoms with van der Waals surface area (Å²) in [5.74, 6) is -1.02. The summed E-state index contributed by atoms with van der Waals surface area (Å²) < 4.78 is 0. The summed E-state index contributed by atoms with van der Waals surface area (Å²) in [4.78, 5) is 11.2. The molecule has 2 aromatic carbocycles. The quantitative estimate of drug-likeness (QED) is 0.849. The summed E-state index contributed by atoms with van der Waals surface area (Å²) in [5, 5.41) is 20.5. The lowest BCUT2D eigenvalue weighted by molar-refractivity contribution is -0.144. The van der Waals surface area contributed by atoms with Crippen LogP contribution in [0.15, 0.2) is 42.5 Å². The van der Waals surface area contributed by atoms with E-state index in [1.165, 1.54) is 6.92 Å². The van der Waals surface area contributed by atoms with Crippen LogP contribution in [0.1, 0.15) is 12.5 Å². The summed E-state index contributed by atoms with van der Waals surface area (Å²) in [7, 11) is 0. The molecule has 0 amide bonds. The van der Waals surface area contributed by atoms with Crippen molar-refractivity contribution in [1.82, 2.24) is 0 Å². The summed E-state index contributed by atoms with van der Waals surface area (Å²) in [6.45, 7) is 1.11. The molecule has 88 valence electrons. The van der Waals surface area contributed by atoms with E-state index in [1.54, 1.807) is 6.07 Å². The zero-order valence-electron chi connectivity index (χ0n) is 9.55. The second-order valence-corrected chi connectivity index (χ2v) is 4.36. The minimum atomic E-state index is -1.25. The van der Waals surface area contributed by atoms with Gasteiger partial charge in [0.25, 0.3) is 0 Å². The van der Waals surface area contributed by atoms with Crippen molar-refractivity contribution in [2.24, 2.45) is 0 Å². The number of aliphatic carboxylic acids is 1. The molecule has 0 saturated heterocycles. The minimum Gasteiger partial charge on any atom is -0.481 e. The molecule has 0 unspecified atom stereocenters. The number of aliphatic hydroxyl groups is 1. The van der Waals surface area contributed by atoms with E-state index in [-0.39, 0.29) is 0 Å². The van der Waals surface area contributed by atoms with Crippen LogP contribution in [-0.4, -0.2) is 22.8 Å². The third kappa shape index (κ3) is 1.89. The minimum absolute atomic E-state index is 0.416. The lowest BCUT2D eigenvalue weighted by Crippen LogP contribution is -2.36. The van der Waals surface area contributed by atoms with Crippen molar-refractivity contribution in [3.63, 3.8) is 0 Å². The maximum absolute atomic E-state index is 11.2. The molecule has 2 aromatic rings. The Bertz CT molecular complexity index is 562. The molecule has 2 rings (SSSR count). The predicted octanol–water partition coefficient (Wildman–Crippen LogP) is 2.17. The maximum Gasteiger partial charge on any atom is 0.316 e. The molecule has 0 aromatic heterocycles. The number of aliphatic hydroxyl groups excluding tert-OH is 1. The van der Waals surface area contributed by atoms with Crippen molar-refractivity contribution in [2.45, 2.75) is 12.3 Å². The Morgan fingerprint density at radius 2 is 1.82 bits per heavy atom. The molecular weight excluding hydrogens is 216 g/mol. The lowest BCUT2D eigenvalue weighted by Gasteiger charge is -2.22. The second-order valence-electron chi connectivity index (χ2n) is 4.36. The lowest BCUT2D eigenvalue weighted by atomic mass is 9.82. The van der Waals surface area contributed by atoms with Crippen molar-refractivity contribution < 1.29 is 15.0 Å². The first-order valence-corrected chi connectivity index (χ1v) is 5.41. The third-order valence-electron chi connectivity index (χ3n) is 3.17. The molecule has 0 bridgehead atoms. The molecule has 17 heavy (non-hydrogen) atoms. The van der Waals surface area contributed by atoms with Gasteiger partial charge in [0, 0.05) is 0 Å². The highest BCUT2D eigenvalue weighted by Crippen LogP contribution is 2.27. The van der Waals surface area contributed by atoms with Gasteiger partial charge in [-0.1, -0.05) is 36.4 Å². The van der Waals surface area contributed by atoms with E-state index < -0.39 is 18.0 Å². The van der Waals surface area contributed by atoms with Gasteiger partial charge in [0.15, 0.2) is 0 Å². The summed E-state index contributed by atoms with van der Waals surface area (Å²) in [6, 6.07) is 13.2. The molecule has 0 saturated carbocycles. The third-order valence-corrected chi connectivity index (χ3v) is 3.17. The fourth-order valence-electron chi connectivity index (χ4n) is 1.81. The monoisotopic (exact) mass is 230 g/mol. The normalized spacial score (nSPS) is 14.5. The fourth-order valence-corrected chi connectivity index (χ4v) is 1.81. The van der Waals surface area contributed by atoms with Crippen LogP contribution >= 0.6 is 0 Å². The van der Waals surface area contributed by atoms with Crippen LogP contribution in [0.25, 0.3) is 10.8 Å². The highest BCUT2D eigenvalue weighted by Gasteiger charge is 2.34. The van der Waals surface area contributed by atoms with E-state index in [1.807, 2.05) is 36.4 Å². The average molecular weight is 230 g/mol. The molecule has 0 fully saturated rings. The summed E-state index contributed by atoms with van der Waals surface area (Å²) in [6.07, 6.45) is 0. The Hall–Kier alpha value is -1.87. The number of hydrogen-bond acceptors (Lipinski definition) is 2. The first-order chi connectivity index (χ1) is 8.08. The summed E-state index contributed by atoms with van der Waals surface area (Å²) in [5.41, 5.74) is -0.629. The summed E-state index contributed by atoms with van der Waals surface area (Å²) >= 11 is 0. The van der Waals surface area contributed by atoms with Crippen molar-refractivity contribution in [2.75, 3.05) is 6.61 Å². The van der Waals surface area contributed by atoms with Crippen molar-refractivity contribution >= 4 is 16.7 Å². The number of carboxylic acids is 1. The van der Waals surface area contributed by atoms with Gasteiger partial charge in [-0.05, 0) is 29.3 Å². The van der Waals surface area contributed by atoms with E-state index in [0.29, 0.717) is 5.56 Å². The van der Waals surface area contributed by atoms with E-state index in [9.17, 15) is 15.0 Å². The van der Waals surface area contributed by atoms with Crippen LogP contribution in [0.3, 0.4) is 0 Å². The van der Waals surface area contributed by atoms with Crippen molar-refractivity contribution in [1.29, 1.82) is 0 Å². The zero-order valence-corrected chi connectivity index (χ0v) is 9.55. The number of fused-ring (bicyclic) bond motifs is 1. The molecule has 3 heteroatoms. The fraction of sp³-hybridized carbons (Fsp3) is 0.214. The standard InChI is InChI=1S/C14H14O3/c1-14(9-15,13(16)17)12-7-6-10-4-2-3-5-11(10)8-12/h2-8,15H,9H2,1H3,(H,16,17)/t14-/m1/s1. The first-order valence-electron chi connectivity index (χ1n) is 5.41. The highest BCUT2D eigenvalue weighted by molar-refractivity contribution is 5.87. The number of carbonyl (C=O) groups is 1. The van der Waals surface area contributed by atoms with Crippen LogP contribution in [0.4, 0.5) is 0 Å². The number of hydrogen-bond donors (Lipinski definition) is 2. The van der Waals surface area contributed by atoms with Crippen molar-refractivity contribution in [3.05, 3.63) is 48.0 Å². The molecule has 0 heterocycles. The van der Waals surface area contributed by atoms with Gasteiger partial charge < -0.3 is 10.2 Å². The smallest absolute Gasteiger partial charge is 0.316 e. The molecule has 0 radical (unpaired) electrons. The first kappa shape index (κ1) is 11.6. The Kier molecular flexibility index (Phi) is 2.86.